The number of nitrogens with zero attached hydrogens (tertiary/aromatic N) is 3. The molecule has 0 atom stereocenters. The first-order valence-electron chi connectivity index (χ1n) is 7.42. The quantitative estimate of drug-likeness (QED) is 0.667. The maximum atomic E-state index is 13.6. The molecule has 3 aromatic rings. The summed E-state index contributed by atoms with van der Waals surface area (Å²) >= 11 is 0. The highest BCUT2D eigenvalue weighted by molar-refractivity contribution is 6.41. The number of hydrogen-bond donors (Lipinski definition) is 0. The average molecular weight is 321 g/mol. The van der Waals surface area contributed by atoms with E-state index in [9.17, 15) is 8.63 Å². The molecule has 0 unspecified atom stereocenters. The van der Waals surface area contributed by atoms with Crippen LogP contribution >= 0.6 is 0 Å². The molecule has 0 aliphatic rings. The average Bonchev–Trinajstić information content (AvgIpc) is 2.61. The van der Waals surface area contributed by atoms with Crippen molar-refractivity contribution in [1.29, 1.82) is 0 Å². The molecule has 0 saturated carbocycles. The van der Waals surface area contributed by atoms with Crippen LogP contribution in [0.2, 0.25) is 0 Å². The second-order valence-electron chi connectivity index (χ2n) is 5.00. The summed E-state index contributed by atoms with van der Waals surface area (Å²) < 4.78 is 28.0. The topological polar surface area (TPSA) is 30.2 Å². The van der Waals surface area contributed by atoms with Crippen molar-refractivity contribution in [3.63, 3.8) is 0 Å². The molecule has 0 spiro atoms. The maximum Gasteiger partial charge on any atom is 0.679 e. The van der Waals surface area contributed by atoms with Crippen molar-refractivity contribution < 1.29 is 8.63 Å². The second-order valence-corrected chi connectivity index (χ2v) is 5.00. The highest BCUT2D eigenvalue weighted by atomic mass is 19.2. The summed E-state index contributed by atoms with van der Waals surface area (Å²) in [5.74, 6) is 0.385. The van der Waals surface area contributed by atoms with Crippen molar-refractivity contribution in [1.82, 2.24) is 9.46 Å². The molecule has 0 fully saturated rings. The fourth-order valence-corrected chi connectivity index (χ4v) is 2.25. The molecule has 0 N–H and O–H groups in total. The number of hydrogen-bond acceptors (Lipinski definition) is 2. The Morgan fingerprint density at radius 1 is 0.875 bits per heavy atom. The van der Waals surface area contributed by atoms with Gasteiger partial charge in [-0.1, -0.05) is 48.5 Å². The molecule has 0 aliphatic heterocycles. The second kappa shape index (κ2) is 7.50. The van der Waals surface area contributed by atoms with Crippen molar-refractivity contribution in [2.45, 2.75) is 0 Å². The minimum Gasteiger partial charge on any atom is -0.310 e. The van der Waals surface area contributed by atoms with Crippen LogP contribution in [0.4, 0.5) is 14.4 Å². The van der Waals surface area contributed by atoms with Crippen LogP contribution in [-0.2, 0) is 0 Å². The molecule has 2 heterocycles. The van der Waals surface area contributed by atoms with Crippen LogP contribution in [0.3, 0.4) is 0 Å². The molecule has 118 valence electrons. The zero-order valence-corrected chi connectivity index (χ0v) is 12.8. The third-order valence-electron chi connectivity index (χ3n) is 3.36. The summed E-state index contributed by atoms with van der Waals surface area (Å²) in [6, 6.07) is 19.6. The normalized spacial score (nSPS) is 11.8. The van der Waals surface area contributed by atoms with E-state index in [1.807, 2.05) is 30.3 Å². The smallest absolute Gasteiger partial charge is 0.310 e. The first-order valence-corrected chi connectivity index (χ1v) is 7.42. The first kappa shape index (κ1) is 15.9. The van der Waals surface area contributed by atoms with Gasteiger partial charge in [-0.3, -0.25) is 8.63 Å². The van der Waals surface area contributed by atoms with E-state index < -0.39 is 7.40 Å². The van der Waals surface area contributed by atoms with Crippen molar-refractivity contribution in [3.8, 4) is 0 Å². The lowest BCUT2D eigenvalue weighted by molar-refractivity contribution is 0.619. The van der Waals surface area contributed by atoms with Gasteiger partial charge in [-0.2, -0.15) is 0 Å². The molecule has 0 radical (unpaired) electrons. The van der Waals surface area contributed by atoms with Gasteiger partial charge >= 0.3 is 7.40 Å². The number of halogens is 2. The van der Waals surface area contributed by atoms with Crippen LogP contribution in [0.15, 0.2) is 77.9 Å². The van der Waals surface area contributed by atoms with Gasteiger partial charge < -0.3 is 4.48 Å². The summed E-state index contributed by atoms with van der Waals surface area (Å²) in [6.07, 6.45) is 5.02. The van der Waals surface area contributed by atoms with Gasteiger partial charge in [0.25, 0.3) is 0 Å². The zero-order valence-electron chi connectivity index (χ0n) is 12.8. The molecule has 3 nitrogen and oxygen atoms in total. The van der Waals surface area contributed by atoms with Crippen molar-refractivity contribution in [2.24, 2.45) is 4.99 Å². The van der Waals surface area contributed by atoms with Gasteiger partial charge in [0.15, 0.2) is 5.82 Å². The minimum absolute atomic E-state index is 0.152. The zero-order chi connectivity index (χ0) is 16.8. The fraction of sp³-hybridized carbons (Fsp3) is 0. The van der Waals surface area contributed by atoms with Gasteiger partial charge in [-0.15, -0.1) is 0 Å². The number of rotatable bonds is 4. The van der Waals surface area contributed by atoms with E-state index in [0.29, 0.717) is 11.5 Å². The molecule has 6 heteroatoms. The number of aromatic nitrogens is 2. The molecule has 1 aromatic carbocycles. The maximum absolute atomic E-state index is 13.6. The molecule has 3 rings (SSSR count). The Morgan fingerprint density at radius 2 is 1.67 bits per heavy atom. The SMILES string of the molecule is FB(F)n1c(/C=C/c2ccccc2)ccc/c1=N\c1ccccn1. The Balaban J connectivity index is 2.06. The summed E-state index contributed by atoms with van der Waals surface area (Å²) in [5.41, 5.74) is 1.45. The molecule has 2 aromatic heterocycles. The van der Waals surface area contributed by atoms with Crippen LogP contribution in [0, 0.1) is 0 Å². The minimum atomic E-state index is -2.70. The van der Waals surface area contributed by atoms with E-state index in [4.69, 9.17) is 0 Å². The standard InChI is InChI=1S/C18H14BF2N3/c20-19(21)24-16(13-12-15-7-2-1-3-8-15)9-6-11-18(24)23-17-10-4-5-14-22-17/h1-14H/b13-12+,23-18+. The van der Waals surface area contributed by atoms with Gasteiger partial charge in [0.05, 0.1) is 0 Å². The number of benzene rings is 1. The Morgan fingerprint density at radius 3 is 2.38 bits per heavy atom. The van der Waals surface area contributed by atoms with Crippen molar-refractivity contribution in [2.75, 3.05) is 0 Å². The highest BCUT2D eigenvalue weighted by Crippen LogP contribution is 2.09. The Hall–Kier alpha value is -3.02. The lowest BCUT2D eigenvalue weighted by Gasteiger charge is -2.08. The lowest BCUT2D eigenvalue weighted by atomic mass is 10.1. The third kappa shape index (κ3) is 3.84. The van der Waals surface area contributed by atoms with Crippen LogP contribution in [0.5, 0.6) is 0 Å². The first-order chi connectivity index (χ1) is 11.7. The van der Waals surface area contributed by atoms with Crippen LogP contribution in [0.25, 0.3) is 12.2 Å². The van der Waals surface area contributed by atoms with Crippen LogP contribution in [0.1, 0.15) is 11.3 Å². The van der Waals surface area contributed by atoms with Gasteiger partial charge in [0, 0.05) is 11.9 Å². The van der Waals surface area contributed by atoms with Gasteiger partial charge in [0.1, 0.15) is 5.49 Å². The predicted molar refractivity (Wildman–Crippen MR) is 92.6 cm³/mol. The van der Waals surface area contributed by atoms with E-state index in [1.54, 1.807) is 54.7 Å². The van der Waals surface area contributed by atoms with Crippen LogP contribution in [-0.4, -0.2) is 16.9 Å². The lowest BCUT2D eigenvalue weighted by Crippen LogP contribution is -2.30. The Labute approximate surface area is 138 Å². The fourth-order valence-electron chi connectivity index (χ4n) is 2.25. The largest absolute Gasteiger partial charge is 0.679 e. The number of pyridine rings is 2. The third-order valence-corrected chi connectivity index (χ3v) is 3.36. The summed E-state index contributed by atoms with van der Waals surface area (Å²) in [7, 11) is -2.70. The van der Waals surface area contributed by atoms with E-state index in [1.165, 1.54) is 0 Å². The molecule has 0 amide bonds. The monoisotopic (exact) mass is 321 g/mol. The predicted octanol–water partition coefficient (Wildman–Crippen LogP) is 4.06. The van der Waals surface area contributed by atoms with Gasteiger partial charge in [-0.05, 0) is 35.9 Å². The van der Waals surface area contributed by atoms with E-state index >= 15 is 0 Å². The molecule has 24 heavy (non-hydrogen) atoms. The van der Waals surface area contributed by atoms with Gasteiger partial charge in [-0.25, -0.2) is 9.98 Å². The molecule has 0 saturated heterocycles. The Bertz CT molecular complexity index is 891. The van der Waals surface area contributed by atoms with Gasteiger partial charge in [0.2, 0.25) is 0 Å². The molecule has 0 bridgehead atoms. The highest BCUT2D eigenvalue weighted by Gasteiger charge is 2.19. The van der Waals surface area contributed by atoms with E-state index in [0.717, 1.165) is 10.0 Å². The molecule has 0 aliphatic carbocycles. The summed E-state index contributed by atoms with van der Waals surface area (Å²) in [6.45, 7) is 0. The van der Waals surface area contributed by atoms with Crippen LogP contribution < -0.4 is 5.49 Å². The van der Waals surface area contributed by atoms with E-state index in [-0.39, 0.29) is 5.49 Å². The van der Waals surface area contributed by atoms with Crippen molar-refractivity contribution >= 4 is 25.4 Å². The van der Waals surface area contributed by atoms with Crippen molar-refractivity contribution in [3.05, 3.63) is 89.7 Å². The van der Waals surface area contributed by atoms with E-state index in [2.05, 4.69) is 9.98 Å². The summed E-state index contributed by atoms with van der Waals surface area (Å²) in [4.78, 5) is 8.27. The Kier molecular flexibility index (Phi) is 4.96. The molecular formula is C18H14BF2N3. The summed E-state index contributed by atoms with van der Waals surface area (Å²) in [5, 5.41) is 0. The molecular weight excluding hydrogens is 307 g/mol.